The second kappa shape index (κ2) is 11.4. The van der Waals surface area contributed by atoms with E-state index >= 15 is 0 Å². The Balaban J connectivity index is 1.97. The van der Waals surface area contributed by atoms with Gasteiger partial charge in [0.1, 0.15) is 0 Å². The molecule has 5 nitrogen and oxygen atoms in total. The van der Waals surface area contributed by atoms with Crippen LogP contribution in [0.15, 0.2) is 28.7 Å². The van der Waals surface area contributed by atoms with Gasteiger partial charge >= 0.3 is 0 Å². The van der Waals surface area contributed by atoms with Crippen LogP contribution in [0.3, 0.4) is 0 Å². The first-order valence-electron chi connectivity index (χ1n) is 10.4. The molecule has 1 fully saturated rings. The predicted molar refractivity (Wildman–Crippen MR) is 126 cm³/mol. The fourth-order valence-electron chi connectivity index (χ4n) is 3.52. The van der Waals surface area contributed by atoms with Crippen molar-refractivity contribution < 1.29 is 17.9 Å². The number of hydrogen-bond acceptors (Lipinski definition) is 4. The van der Waals surface area contributed by atoms with E-state index < -0.39 is 18.1 Å². The van der Waals surface area contributed by atoms with Crippen molar-refractivity contribution >= 4 is 34.0 Å². The molecule has 0 bridgehead atoms. The fourth-order valence-corrected chi connectivity index (χ4v) is 8.65. The molecular weight excluding hydrogens is 470 g/mol. The Hall–Kier alpha value is -0.253. The van der Waals surface area contributed by atoms with Crippen LogP contribution in [0.5, 0.6) is 0 Å². The summed E-state index contributed by atoms with van der Waals surface area (Å²) in [5.74, 6) is 0.516. The van der Waals surface area contributed by atoms with Crippen molar-refractivity contribution in [2.75, 3.05) is 39.2 Å². The van der Waals surface area contributed by atoms with Crippen LogP contribution in [-0.2, 0) is 19.5 Å². The van der Waals surface area contributed by atoms with E-state index in [-0.39, 0.29) is 17.8 Å². The minimum atomic E-state index is -3.18. The van der Waals surface area contributed by atoms with Crippen LogP contribution >= 0.6 is 15.9 Å². The van der Waals surface area contributed by atoms with Gasteiger partial charge in [0.15, 0.2) is 0 Å². The van der Waals surface area contributed by atoms with E-state index in [9.17, 15) is 8.42 Å². The van der Waals surface area contributed by atoms with E-state index in [1.807, 2.05) is 18.2 Å². The largest absolute Gasteiger partial charge is 0.385 e. The van der Waals surface area contributed by atoms with Crippen LogP contribution < -0.4 is 0 Å². The van der Waals surface area contributed by atoms with Gasteiger partial charge in [-0.15, -0.1) is 0 Å². The van der Waals surface area contributed by atoms with E-state index in [1.165, 1.54) is 0 Å². The van der Waals surface area contributed by atoms with Crippen LogP contribution in [0, 0.1) is 5.92 Å². The molecule has 0 spiro atoms. The average Bonchev–Trinajstić information content (AvgIpc) is 2.67. The second-order valence-electron chi connectivity index (χ2n) is 9.12. The maximum Gasteiger partial charge on any atom is 0.213 e. The smallest absolute Gasteiger partial charge is 0.213 e. The molecule has 1 aromatic carbocycles. The van der Waals surface area contributed by atoms with Crippen molar-refractivity contribution in [2.24, 2.45) is 5.92 Å². The molecule has 29 heavy (non-hydrogen) atoms. The maximum absolute atomic E-state index is 12.8. The van der Waals surface area contributed by atoms with Gasteiger partial charge in [-0.1, -0.05) is 53.8 Å². The molecule has 2 atom stereocenters. The summed E-state index contributed by atoms with van der Waals surface area (Å²) in [6, 6.07) is 8.90. The van der Waals surface area contributed by atoms with E-state index in [2.05, 4.69) is 41.6 Å². The molecule has 1 aromatic rings. The van der Waals surface area contributed by atoms with Gasteiger partial charge < -0.3 is 9.47 Å². The molecule has 0 aromatic heterocycles. The van der Waals surface area contributed by atoms with Crippen LogP contribution in [0.25, 0.3) is 0 Å². The van der Waals surface area contributed by atoms with Gasteiger partial charge in [-0.05, 0) is 36.4 Å². The zero-order chi connectivity index (χ0) is 21.5. The molecule has 8 heteroatoms. The number of rotatable bonds is 11. The van der Waals surface area contributed by atoms with Gasteiger partial charge in [-0.2, -0.15) is 0 Å². The minimum Gasteiger partial charge on any atom is -0.385 e. The number of halogens is 1. The molecule has 1 aliphatic heterocycles. The summed E-state index contributed by atoms with van der Waals surface area (Å²) >= 11 is 3.62. The maximum atomic E-state index is 12.8. The molecule has 166 valence electrons. The quantitative estimate of drug-likeness (QED) is 0.400. The van der Waals surface area contributed by atoms with E-state index in [0.717, 1.165) is 35.3 Å². The fraction of sp³-hybridized carbons (Fsp3) is 0.714. The van der Waals surface area contributed by atoms with Crippen LogP contribution in [0.1, 0.15) is 30.9 Å². The first-order valence-corrected chi connectivity index (χ1v) is 16.6. The summed E-state index contributed by atoms with van der Waals surface area (Å²) in [5, 5.41) is 0. The monoisotopic (exact) mass is 505 g/mol. The lowest BCUT2D eigenvalue weighted by atomic mass is 10.0. The first kappa shape index (κ1) is 25.0. The summed E-state index contributed by atoms with van der Waals surface area (Å²) < 4.78 is 39.9. The predicted octanol–water partition coefficient (Wildman–Crippen LogP) is 4.92. The van der Waals surface area contributed by atoms with Crippen LogP contribution in [0.2, 0.25) is 25.7 Å². The highest BCUT2D eigenvalue weighted by Crippen LogP contribution is 2.30. The lowest BCUT2D eigenvalue weighted by Gasteiger charge is -2.33. The number of piperidine rings is 1. The Bertz CT molecular complexity index is 738. The summed E-state index contributed by atoms with van der Waals surface area (Å²) in [5.41, 5.74) is 1.11. The van der Waals surface area contributed by atoms with E-state index in [1.54, 1.807) is 11.4 Å². The van der Waals surface area contributed by atoms with Crippen LogP contribution in [-0.4, -0.2) is 60.0 Å². The number of nitrogens with zero attached hydrogens (tertiary/aromatic N) is 1. The molecule has 1 heterocycles. The Kier molecular flexibility index (Phi) is 9.82. The number of hydrogen-bond donors (Lipinski definition) is 0. The molecule has 1 aliphatic rings. The Morgan fingerprint density at radius 3 is 2.66 bits per heavy atom. The van der Waals surface area contributed by atoms with Gasteiger partial charge in [0.2, 0.25) is 10.0 Å². The molecule has 0 saturated carbocycles. The number of methoxy groups -OCH3 is 1. The molecule has 1 saturated heterocycles. The van der Waals surface area contributed by atoms with Crippen molar-refractivity contribution in [3.8, 4) is 0 Å². The molecule has 0 radical (unpaired) electrons. The normalized spacial score (nSPS) is 20.0. The summed E-state index contributed by atoms with van der Waals surface area (Å²) in [6.45, 7) is 9.05. The van der Waals surface area contributed by atoms with Crippen molar-refractivity contribution in [2.45, 2.75) is 51.1 Å². The topological polar surface area (TPSA) is 55.8 Å². The van der Waals surface area contributed by atoms with Gasteiger partial charge in [0.25, 0.3) is 0 Å². The van der Waals surface area contributed by atoms with Gasteiger partial charge in [-0.25, -0.2) is 12.7 Å². The van der Waals surface area contributed by atoms with Gasteiger partial charge in [0, 0.05) is 45.8 Å². The van der Waals surface area contributed by atoms with Gasteiger partial charge in [-0.3, -0.25) is 0 Å². The van der Waals surface area contributed by atoms with Crippen LogP contribution in [0.4, 0.5) is 0 Å². The van der Waals surface area contributed by atoms with Gasteiger partial charge in [0.05, 0.1) is 18.5 Å². The highest BCUT2D eigenvalue weighted by Gasteiger charge is 2.30. The molecule has 0 N–H and O–H groups in total. The van der Waals surface area contributed by atoms with Crippen molar-refractivity contribution in [1.29, 1.82) is 0 Å². The Morgan fingerprint density at radius 2 is 2.00 bits per heavy atom. The second-order valence-corrected chi connectivity index (χ2v) is 17.7. The third-order valence-electron chi connectivity index (χ3n) is 5.35. The number of benzene rings is 1. The zero-order valence-corrected chi connectivity index (χ0v) is 21.6. The summed E-state index contributed by atoms with van der Waals surface area (Å²) in [7, 11) is -2.86. The Morgan fingerprint density at radius 1 is 1.28 bits per heavy atom. The standard InChI is InChI=1S/C21H36BrNO4SSi/c1-26-13-11-21(19-9-5-6-10-20(19)22)27-17-18-8-7-12-23(16-18)28(24,25)14-15-29(2,3)4/h5-6,9-10,18,21H,7-8,11-17H2,1-4H3. The average molecular weight is 507 g/mol. The van der Waals surface area contributed by atoms with E-state index in [0.29, 0.717) is 26.3 Å². The molecule has 0 aliphatic carbocycles. The SMILES string of the molecule is COCCC(OCC1CCCN(S(=O)(=O)CC[Si](C)(C)C)C1)c1ccccc1Br. The number of ether oxygens (including phenoxy) is 2. The highest BCUT2D eigenvalue weighted by molar-refractivity contribution is 9.10. The lowest BCUT2D eigenvalue weighted by Crippen LogP contribution is -2.43. The highest BCUT2D eigenvalue weighted by atomic mass is 79.9. The zero-order valence-electron chi connectivity index (χ0n) is 18.2. The third kappa shape index (κ3) is 8.42. The summed E-state index contributed by atoms with van der Waals surface area (Å²) in [6.07, 6.45) is 2.61. The number of sulfonamides is 1. The van der Waals surface area contributed by atoms with Crippen molar-refractivity contribution in [3.05, 3.63) is 34.3 Å². The summed E-state index contributed by atoms with van der Waals surface area (Å²) in [4.78, 5) is 0. The Labute approximate surface area is 186 Å². The molecule has 2 rings (SSSR count). The molecule has 0 amide bonds. The first-order chi connectivity index (χ1) is 13.6. The third-order valence-corrected chi connectivity index (χ3v) is 10.0. The minimum absolute atomic E-state index is 0.0654. The molecule has 2 unspecified atom stereocenters. The van der Waals surface area contributed by atoms with E-state index in [4.69, 9.17) is 9.47 Å². The lowest BCUT2D eigenvalue weighted by molar-refractivity contribution is -0.000738. The van der Waals surface area contributed by atoms with Crippen molar-refractivity contribution in [3.63, 3.8) is 0 Å². The molecular formula is C21H36BrNO4SSi. The van der Waals surface area contributed by atoms with Crippen molar-refractivity contribution in [1.82, 2.24) is 4.31 Å².